The van der Waals surface area contributed by atoms with E-state index in [1.165, 1.54) is 6.07 Å². The van der Waals surface area contributed by atoms with E-state index in [0.717, 1.165) is 30.8 Å². The van der Waals surface area contributed by atoms with Crippen molar-refractivity contribution in [1.29, 1.82) is 0 Å². The quantitative estimate of drug-likeness (QED) is 0.867. The standard InChI is InChI=1S/C15H15F2N/c1-2-18-10-11-4-3-5-12(8-11)14-9-13(16)6-7-15(14)17/h3-9,18H,2,10H2,1H3. The first-order valence-corrected chi connectivity index (χ1v) is 5.96. The topological polar surface area (TPSA) is 12.0 Å². The van der Waals surface area contributed by atoms with Gasteiger partial charge in [0.15, 0.2) is 0 Å². The Labute approximate surface area is 105 Å². The van der Waals surface area contributed by atoms with Crippen molar-refractivity contribution < 1.29 is 8.78 Å². The van der Waals surface area contributed by atoms with Gasteiger partial charge < -0.3 is 5.32 Å². The molecule has 1 N–H and O–H groups in total. The number of halogens is 2. The molecule has 0 spiro atoms. The van der Waals surface area contributed by atoms with E-state index in [0.29, 0.717) is 11.1 Å². The predicted octanol–water partition coefficient (Wildman–Crippen LogP) is 3.74. The smallest absolute Gasteiger partial charge is 0.131 e. The molecule has 0 saturated heterocycles. The summed E-state index contributed by atoms with van der Waals surface area (Å²) in [5.74, 6) is -0.833. The molecule has 0 unspecified atom stereocenters. The van der Waals surface area contributed by atoms with Gasteiger partial charge >= 0.3 is 0 Å². The number of benzene rings is 2. The van der Waals surface area contributed by atoms with Crippen LogP contribution >= 0.6 is 0 Å². The van der Waals surface area contributed by atoms with Crippen LogP contribution < -0.4 is 5.32 Å². The minimum absolute atomic E-state index is 0.299. The van der Waals surface area contributed by atoms with Crippen LogP contribution in [0.4, 0.5) is 8.78 Å². The van der Waals surface area contributed by atoms with Gasteiger partial charge in [0.25, 0.3) is 0 Å². The zero-order valence-corrected chi connectivity index (χ0v) is 10.2. The Hall–Kier alpha value is -1.74. The summed E-state index contributed by atoms with van der Waals surface area (Å²) >= 11 is 0. The predicted molar refractivity (Wildman–Crippen MR) is 69.2 cm³/mol. The van der Waals surface area contributed by atoms with Crippen LogP contribution in [0, 0.1) is 11.6 Å². The zero-order valence-electron chi connectivity index (χ0n) is 10.2. The van der Waals surface area contributed by atoms with Crippen LogP contribution in [0.15, 0.2) is 42.5 Å². The molecule has 2 rings (SSSR count). The molecule has 0 aliphatic rings. The lowest BCUT2D eigenvalue weighted by Gasteiger charge is -2.07. The van der Waals surface area contributed by atoms with Crippen molar-refractivity contribution in [3.63, 3.8) is 0 Å². The molecule has 0 aromatic heterocycles. The van der Waals surface area contributed by atoms with Crippen LogP contribution in [-0.4, -0.2) is 6.54 Å². The van der Waals surface area contributed by atoms with E-state index in [4.69, 9.17) is 0 Å². The van der Waals surface area contributed by atoms with Crippen LogP contribution in [0.25, 0.3) is 11.1 Å². The third-order valence-electron chi connectivity index (χ3n) is 2.75. The second-order valence-electron chi connectivity index (χ2n) is 4.10. The van der Waals surface area contributed by atoms with E-state index in [-0.39, 0.29) is 0 Å². The fourth-order valence-electron chi connectivity index (χ4n) is 1.84. The highest BCUT2D eigenvalue weighted by Gasteiger charge is 2.06. The summed E-state index contributed by atoms with van der Waals surface area (Å²) in [6.45, 7) is 3.62. The second kappa shape index (κ2) is 5.74. The van der Waals surface area contributed by atoms with Crippen LogP contribution in [-0.2, 0) is 6.54 Å². The summed E-state index contributed by atoms with van der Waals surface area (Å²) in [4.78, 5) is 0. The molecule has 0 radical (unpaired) electrons. The van der Waals surface area contributed by atoms with Gasteiger partial charge in [-0.2, -0.15) is 0 Å². The van der Waals surface area contributed by atoms with E-state index in [2.05, 4.69) is 5.32 Å². The fraction of sp³-hybridized carbons (Fsp3) is 0.200. The van der Waals surface area contributed by atoms with Gasteiger partial charge in [0.2, 0.25) is 0 Å². The average Bonchev–Trinajstić information content (AvgIpc) is 2.39. The first kappa shape index (κ1) is 12.7. The molecule has 0 bridgehead atoms. The Morgan fingerprint density at radius 1 is 1.06 bits per heavy atom. The number of hydrogen-bond donors (Lipinski definition) is 1. The minimum Gasteiger partial charge on any atom is -0.313 e. The molecule has 94 valence electrons. The maximum Gasteiger partial charge on any atom is 0.131 e. The second-order valence-corrected chi connectivity index (χ2v) is 4.10. The van der Waals surface area contributed by atoms with Gasteiger partial charge in [0, 0.05) is 12.1 Å². The molecule has 2 aromatic carbocycles. The summed E-state index contributed by atoms with van der Waals surface area (Å²) in [5, 5.41) is 3.20. The summed E-state index contributed by atoms with van der Waals surface area (Å²) in [6.07, 6.45) is 0. The number of rotatable bonds is 4. The van der Waals surface area contributed by atoms with Gasteiger partial charge in [-0.25, -0.2) is 8.78 Å². The lowest BCUT2D eigenvalue weighted by Crippen LogP contribution is -2.11. The number of nitrogens with one attached hydrogen (secondary N) is 1. The molecule has 18 heavy (non-hydrogen) atoms. The van der Waals surface area contributed by atoms with Gasteiger partial charge in [0.1, 0.15) is 11.6 Å². The van der Waals surface area contributed by atoms with Crippen molar-refractivity contribution in [2.24, 2.45) is 0 Å². The highest BCUT2D eigenvalue weighted by molar-refractivity contribution is 5.64. The molecule has 0 fully saturated rings. The van der Waals surface area contributed by atoms with E-state index in [9.17, 15) is 8.78 Å². The van der Waals surface area contributed by atoms with E-state index in [1.807, 2.05) is 25.1 Å². The molecule has 0 aliphatic carbocycles. The monoisotopic (exact) mass is 247 g/mol. The van der Waals surface area contributed by atoms with Crippen molar-refractivity contribution >= 4 is 0 Å². The third-order valence-corrected chi connectivity index (χ3v) is 2.75. The third kappa shape index (κ3) is 2.93. The SMILES string of the molecule is CCNCc1cccc(-c2cc(F)ccc2F)c1. The maximum absolute atomic E-state index is 13.7. The Balaban J connectivity index is 2.35. The van der Waals surface area contributed by atoms with Gasteiger partial charge in [-0.15, -0.1) is 0 Å². The van der Waals surface area contributed by atoms with Crippen LogP contribution in [0.1, 0.15) is 12.5 Å². The Morgan fingerprint density at radius 3 is 2.67 bits per heavy atom. The summed E-state index contributed by atoms with van der Waals surface area (Å²) in [6, 6.07) is 11.0. The molecule has 0 heterocycles. The Morgan fingerprint density at radius 2 is 1.89 bits per heavy atom. The highest BCUT2D eigenvalue weighted by Crippen LogP contribution is 2.24. The molecule has 3 heteroatoms. The van der Waals surface area contributed by atoms with Gasteiger partial charge in [-0.1, -0.05) is 25.1 Å². The van der Waals surface area contributed by atoms with Crippen molar-refractivity contribution in [1.82, 2.24) is 5.32 Å². The van der Waals surface area contributed by atoms with Crippen LogP contribution in [0.5, 0.6) is 0 Å². The Bertz CT molecular complexity index is 538. The van der Waals surface area contributed by atoms with E-state index in [1.54, 1.807) is 6.07 Å². The summed E-state index contributed by atoms with van der Waals surface area (Å²) in [7, 11) is 0. The lowest BCUT2D eigenvalue weighted by molar-refractivity contribution is 0.603. The zero-order chi connectivity index (χ0) is 13.0. The summed E-state index contributed by atoms with van der Waals surface area (Å²) in [5.41, 5.74) is 2.05. The largest absolute Gasteiger partial charge is 0.313 e. The average molecular weight is 247 g/mol. The van der Waals surface area contributed by atoms with Crippen molar-refractivity contribution in [2.45, 2.75) is 13.5 Å². The van der Waals surface area contributed by atoms with Crippen molar-refractivity contribution in [2.75, 3.05) is 6.54 Å². The molecular weight excluding hydrogens is 232 g/mol. The van der Waals surface area contributed by atoms with Crippen LogP contribution in [0.3, 0.4) is 0 Å². The molecule has 0 atom stereocenters. The van der Waals surface area contributed by atoms with Gasteiger partial charge in [0.05, 0.1) is 0 Å². The molecule has 2 aromatic rings. The van der Waals surface area contributed by atoms with Crippen molar-refractivity contribution in [3.8, 4) is 11.1 Å². The van der Waals surface area contributed by atoms with Gasteiger partial charge in [-0.05, 0) is 41.9 Å². The highest BCUT2D eigenvalue weighted by atomic mass is 19.1. The maximum atomic E-state index is 13.7. The van der Waals surface area contributed by atoms with E-state index >= 15 is 0 Å². The van der Waals surface area contributed by atoms with E-state index < -0.39 is 11.6 Å². The fourth-order valence-corrected chi connectivity index (χ4v) is 1.84. The number of hydrogen-bond acceptors (Lipinski definition) is 1. The first-order valence-electron chi connectivity index (χ1n) is 5.96. The molecule has 0 saturated carbocycles. The van der Waals surface area contributed by atoms with Crippen molar-refractivity contribution in [3.05, 3.63) is 59.7 Å². The summed E-state index contributed by atoms with van der Waals surface area (Å²) < 4.78 is 26.8. The normalized spacial score (nSPS) is 10.6. The molecular formula is C15H15F2N. The Kier molecular flexibility index (Phi) is 4.05. The van der Waals surface area contributed by atoms with Gasteiger partial charge in [-0.3, -0.25) is 0 Å². The molecule has 1 nitrogen and oxygen atoms in total. The molecule has 0 amide bonds. The van der Waals surface area contributed by atoms with Crippen LogP contribution in [0.2, 0.25) is 0 Å². The molecule has 0 aliphatic heterocycles. The lowest BCUT2D eigenvalue weighted by atomic mass is 10.0. The minimum atomic E-state index is -0.427. The first-order chi connectivity index (χ1) is 8.70.